The maximum Gasteiger partial charge on any atom is 0.321 e. The number of esters is 1. The molecule has 43 heavy (non-hydrogen) atoms. The molecule has 0 bridgehead atoms. The molecule has 1 aliphatic heterocycles. The van der Waals surface area contributed by atoms with Gasteiger partial charge in [0.1, 0.15) is 17.2 Å². The zero-order chi connectivity index (χ0) is 30.6. The molecule has 0 radical (unpaired) electrons. The lowest BCUT2D eigenvalue weighted by atomic mass is 9.79. The van der Waals surface area contributed by atoms with Gasteiger partial charge in [-0.05, 0) is 30.5 Å². The number of para-hydroxylation sites is 1. The molecule has 2 unspecified atom stereocenters. The van der Waals surface area contributed by atoms with Crippen molar-refractivity contribution in [1.29, 1.82) is 0 Å². The van der Waals surface area contributed by atoms with E-state index in [1.165, 1.54) is 92.3 Å². The standard InChI is InChI=1S/C32H41N3O5S3/c1-3-4-5-6-7-8-9-10-11-15-18-23-21(2)27-28(33-30(23)39)24(36)19-25(29(27)38)42-32-35-34-31(43-32)41-20-26(37)40-22-16-13-12-14-17-22/h12-14,16-17,19,21,23,36,38H,3-11,15,18,20H2,1-2H3,(H,33,39). The zero-order valence-electron chi connectivity index (χ0n) is 24.8. The number of ether oxygens (including phenoxy) is 1. The highest BCUT2D eigenvalue weighted by molar-refractivity contribution is 8.03. The summed E-state index contributed by atoms with van der Waals surface area (Å²) in [7, 11) is 0. The van der Waals surface area contributed by atoms with E-state index >= 15 is 0 Å². The first-order valence-electron chi connectivity index (χ1n) is 15.2. The Morgan fingerprint density at radius 3 is 2.33 bits per heavy atom. The van der Waals surface area contributed by atoms with E-state index in [4.69, 9.17) is 4.74 Å². The van der Waals surface area contributed by atoms with Crippen molar-refractivity contribution < 1.29 is 24.5 Å². The van der Waals surface area contributed by atoms with E-state index in [0.717, 1.165) is 19.3 Å². The Morgan fingerprint density at radius 2 is 1.63 bits per heavy atom. The summed E-state index contributed by atoms with van der Waals surface area (Å²) in [5, 5.41) is 33.2. The Bertz CT molecular complexity index is 1350. The number of fused-ring (bicyclic) bond motifs is 1. The number of carbonyl (C=O) groups excluding carboxylic acids is 2. The van der Waals surface area contributed by atoms with Crippen LogP contribution in [0.2, 0.25) is 0 Å². The van der Waals surface area contributed by atoms with Crippen LogP contribution in [0.1, 0.15) is 96.0 Å². The third-order valence-corrected chi connectivity index (χ3v) is 10.8. The minimum Gasteiger partial charge on any atom is -0.506 e. The highest BCUT2D eigenvalue weighted by atomic mass is 32.2. The number of anilines is 1. The fraction of sp³-hybridized carbons (Fsp3) is 0.500. The van der Waals surface area contributed by atoms with Gasteiger partial charge in [0.05, 0.1) is 16.3 Å². The molecule has 2 atom stereocenters. The lowest BCUT2D eigenvalue weighted by Crippen LogP contribution is -2.32. The van der Waals surface area contributed by atoms with E-state index in [1.807, 2.05) is 13.0 Å². The van der Waals surface area contributed by atoms with Crippen LogP contribution in [0.5, 0.6) is 17.2 Å². The Kier molecular flexibility index (Phi) is 13.0. The molecule has 0 spiro atoms. The van der Waals surface area contributed by atoms with Gasteiger partial charge in [0.15, 0.2) is 8.68 Å². The first-order chi connectivity index (χ1) is 20.9. The van der Waals surface area contributed by atoms with Crippen LogP contribution in [-0.2, 0) is 9.59 Å². The Morgan fingerprint density at radius 1 is 0.977 bits per heavy atom. The molecule has 3 N–H and O–H groups in total. The van der Waals surface area contributed by atoms with Gasteiger partial charge in [-0.15, -0.1) is 10.2 Å². The number of phenolic OH excluding ortho intramolecular Hbond substituents is 2. The average molecular weight is 644 g/mol. The van der Waals surface area contributed by atoms with Crippen LogP contribution in [-0.4, -0.2) is 38.0 Å². The summed E-state index contributed by atoms with van der Waals surface area (Å²) in [4.78, 5) is 25.6. The maximum absolute atomic E-state index is 13.0. The molecule has 232 valence electrons. The zero-order valence-corrected chi connectivity index (χ0v) is 27.3. The van der Waals surface area contributed by atoms with Crippen molar-refractivity contribution in [3.63, 3.8) is 0 Å². The normalized spacial score (nSPS) is 16.1. The molecule has 2 aromatic carbocycles. The van der Waals surface area contributed by atoms with Gasteiger partial charge in [0, 0.05) is 11.5 Å². The summed E-state index contributed by atoms with van der Waals surface area (Å²) in [6.45, 7) is 4.18. The second-order valence-corrected chi connectivity index (χ2v) is 14.4. The molecule has 0 saturated carbocycles. The Balaban J connectivity index is 1.30. The number of thioether (sulfide) groups is 1. The van der Waals surface area contributed by atoms with Crippen molar-refractivity contribution >= 4 is 52.4 Å². The number of benzene rings is 2. The summed E-state index contributed by atoms with van der Waals surface area (Å²) in [5.74, 6) is -0.497. The van der Waals surface area contributed by atoms with Crippen molar-refractivity contribution in [3.8, 4) is 17.2 Å². The molecule has 4 rings (SSSR count). The van der Waals surface area contributed by atoms with Crippen molar-refractivity contribution in [2.45, 2.75) is 104 Å². The van der Waals surface area contributed by atoms with Gasteiger partial charge < -0.3 is 20.3 Å². The van der Waals surface area contributed by atoms with Crippen LogP contribution < -0.4 is 10.1 Å². The van der Waals surface area contributed by atoms with Crippen LogP contribution in [0.25, 0.3) is 0 Å². The third-order valence-electron chi connectivity index (χ3n) is 7.67. The highest BCUT2D eigenvalue weighted by Crippen LogP contribution is 2.51. The predicted molar refractivity (Wildman–Crippen MR) is 174 cm³/mol. The maximum atomic E-state index is 13.0. The van der Waals surface area contributed by atoms with Gasteiger partial charge >= 0.3 is 5.97 Å². The number of carbonyl (C=O) groups is 2. The van der Waals surface area contributed by atoms with E-state index in [9.17, 15) is 19.8 Å². The topological polar surface area (TPSA) is 122 Å². The molecule has 2 heterocycles. The van der Waals surface area contributed by atoms with Crippen LogP contribution in [0.4, 0.5) is 5.69 Å². The summed E-state index contributed by atoms with van der Waals surface area (Å²) >= 11 is 3.70. The lowest BCUT2D eigenvalue weighted by molar-refractivity contribution is -0.131. The van der Waals surface area contributed by atoms with Crippen molar-refractivity contribution in [1.82, 2.24) is 10.2 Å². The molecule has 0 saturated heterocycles. The van der Waals surface area contributed by atoms with Gasteiger partial charge in [-0.3, -0.25) is 9.59 Å². The van der Waals surface area contributed by atoms with Gasteiger partial charge in [0.25, 0.3) is 0 Å². The molecule has 8 nitrogen and oxygen atoms in total. The number of amides is 1. The average Bonchev–Trinajstić information content (AvgIpc) is 3.44. The Hall–Kier alpha value is -2.76. The fourth-order valence-corrected chi connectivity index (χ4v) is 8.18. The van der Waals surface area contributed by atoms with Crippen LogP contribution in [0.3, 0.4) is 0 Å². The second kappa shape index (κ2) is 16.9. The second-order valence-electron chi connectivity index (χ2n) is 10.9. The van der Waals surface area contributed by atoms with Gasteiger partial charge in [-0.25, -0.2) is 0 Å². The van der Waals surface area contributed by atoms with Gasteiger partial charge in [-0.1, -0.05) is 131 Å². The number of nitrogens with zero attached hydrogens (tertiary/aromatic N) is 2. The Labute approximate surface area is 266 Å². The summed E-state index contributed by atoms with van der Waals surface area (Å²) in [5.41, 5.74) is 0.839. The molecule has 1 aliphatic rings. The lowest BCUT2D eigenvalue weighted by Gasteiger charge is -2.32. The minimum atomic E-state index is -0.388. The van der Waals surface area contributed by atoms with Crippen LogP contribution in [0, 0.1) is 5.92 Å². The molecule has 0 fully saturated rings. The van der Waals surface area contributed by atoms with Crippen molar-refractivity contribution in [2.24, 2.45) is 5.92 Å². The number of hydrogen-bond donors (Lipinski definition) is 3. The van der Waals surface area contributed by atoms with Gasteiger partial charge in [0.2, 0.25) is 5.91 Å². The predicted octanol–water partition coefficient (Wildman–Crippen LogP) is 8.78. The molecular formula is C32H41N3O5S3. The number of aromatic hydroxyl groups is 2. The summed E-state index contributed by atoms with van der Waals surface area (Å²) in [6, 6.07) is 10.3. The van der Waals surface area contributed by atoms with E-state index in [-0.39, 0.29) is 46.7 Å². The SMILES string of the molecule is CCCCCCCCCCCCC1C(=O)Nc2c(O)cc(Sc3nnc(SCC(=O)Oc4ccccc4)s3)c(O)c2C1C. The largest absolute Gasteiger partial charge is 0.506 e. The minimum absolute atomic E-state index is 0.0363. The van der Waals surface area contributed by atoms with E-state index in [0.29, 0.717) is 24.9 Å². The number of nitrogens with one attached hydrogen (secondary N) is 1. The quantitative estimate of drug-likeness (QED) is 0.0331. The highest BCUT2D eigenvalue weighted by Gasteiger charge is 2.37. The van der Waals surface area contributed by atoms with Crippen molar-refractivity contribution in [2.75, 3.05) is 11.1 Å². The monoisotopic (exact) mass is 643 g/mol. The van der Waals surface area contributed by atoms with Crippen LogP contribution >= 0.6 is 34.9 Å². The molecule has 11 heteroatoms. The molecule has 1 aromatic heterocycles. The smallest absolute Gasteiger partial charge is 0.321 e. The number of phenols is 2. The summed E-state index contributed by atoms with van der Waals surface area (Å²) < 4.78 is 6.46. The molecule has 0 aliphatic carbocycles. The van der Waals surface area contributed by atoms with E-state index in [1.54, 1.807) is 24.3 Å². The van der Waals surface area contributed by atoms with Gasteiger partial charge in [-0.2, -0.15) is 0 Å². The van der Waals surface area contributed by atoms with Crippen LogP contribution in [0.15, 0.2) is 50.0 Å². The fourth-order valence-electron chi connectivity index (χ4n) is 5.34. The number of aromatic nitrogens is 2. The first kappa shape index (κ1) is 33.1. The third kappa shape index (κ3) is 9.61. The first-order valence-corrected chi connectivity index (χ1v) is 17.8. The molecular weight excluding hydrogens is 603 g/mol. The molecule has 1 amide bonds. The number of hydrogen-bond acceptors (Lipinski definition) is 10. The summed E-state index contributed by atoms with van der Waals surface area (Å²) in [6.07, 6.45) is 13.1. The van der Waals surface area contributed by atoms with E-state index < -0.39 is 0 Å². The molecule has 3 aromatic rings. The van der Waals surface area contributed by atoms with Crippen molar-refractivity contribution in [3.05, 3.63) is 42.0 Å². The number of rotatable bonds is 17. The van der Waals surface area contributed by atoms with E-state index in [2.05, 4.69) is 22.4 Å². The number of unbranched alkanes of at least 4 members (excludes halogenated alkanes) is 9.